The van der Waals surface area contributed by atoms with Gasteiger partial charge in [-0.15, -0.1) is 0 Å². The number of hydrogen-bond donors (Lipinski definition) is 0. The van der Waals surface area contributed by atoms with E-state index < -0.39 is 35.0 Å². The molecule has 0 aromatic rings. The second kappa shape index (κ2) is 4.77. The molecule has 0 aromatic carbocycles. The van der Waals surface area contributed by atoms with Gasteiger partial charge in [-0.2, -0.15) is 13.1 Å². The zero-order valence-corrected chi connectivity index (χ0v) is 11.6. The summed E-state index contributed by atoms with van der Waals surface area (Å²) in [5.74, 6) is -2.75. The van der Waals surface area contributed by atoms with Crippen LogP contribution in [-0.2, 0) is 28.4 Å². The minimum Gasteiger partial charge on any atom is -0.691 e. The van der Waals surface area contributed by atoms with Gasteiger partial charge in [0.15, 0.2) is 0 Å². The molecule has 0 spiro atoms. The fourth-order valence-corrected chi connectivity index (χ4v) is 3.93. The molecule has 2 aliphatic carbocycles. The summed E-state index contributed by atoms with van der Waals surface area (Å²) < 4.78 is 40.5. The van der Waals surface area contributed by atoms with Crippen LogP contribution in [0, 0.1) is 17.8 Å². The topological polar surface area (TPSA) is 94.1 Å². The van der Waals surface area contributed by atoms with Gasteiger partial charge in [-0.25, -0.2) is 4.79 Å². The van der Waals surface area contributed by atoms with Crippen LogP contribution in [0.5, 0.6) is 0 Å². The van der Waals surface area contributed by atoms with Gasteiger partial charge in [-0.3, -0.25) is 9.83 Å². The number of hydrogen-bond acceptors (Lipinski definition) is 8. The van der Waals surface area contributed by atoms with E-state index in [-0.39, 0.29) is 23.7 Å². The van der Waals surface area contributed by atoms with Crippen molar-refractivity contribution in [2.24, 2.45) is 17.8 Å². The van der Waals surface area contributed by atoms with E-state index >= 15 is 0 Å². The summed E-state index contributed by atoms with van der Waals surface area (Å²) >= 11 is -0.742. The molecule has 5 unspecified atom stereocenters. The Bertz CT molecular complexity index is 487. The van der Waals surface area contributed by atoms with Crippen molar-refractivity contribution in [3.05, 3.63) is 0 Å². The highest BCUT2D eigenvalue weighted by molar-refractivity contribution is 7.96. The minimum absolute atomic E-state index is 0.0946. The van der Waals surface area contributed by atoms with Crippen LogP contribution < -0.4 is 5.26 Å². The van der Waals surface area contributed by atoms with Crippen molar-refractivity contribution < 1.29 is 42.5 Å². The maximum Gasteiger partial charge on any atom is 0.415 e. The van der Waals surface area contributed by atoms with E-state index in [0.717, 1.165) is 0 Å². The largest absolute Gasteiger partial charge is 0.691 e. The molecule has 3 fully saturated rings. The molecule has 1 aliphatic heterocycles. The average Bonchev–Trinajstić information content (AvgIpc) is 3.02. The summed E-state index contributed by atoms with van der Waals surface area (Å²) in [5, 5.41) is 8.26. The molecule has 0 radical (unpaired) electrons. The van der Waals surface area contributed by atoms with Gasteiger partial charge < -0.3 is 14.7 Å². The monoisotopic (exact) mass is 325 g/mol. The molecule has 3 aliphatic rings. The first-order chi connectivity index (χ1) is 9.79. The first-order valence-corrected chi connectivity index (χ1v) is 7.00. The number of ether oxygens (including phenoxy) is 2. The Kier molecular flexibility index (Phi) is 3.39. The number of alkyl halides is 2. The zero-order chi connectivity index (χ0) is 15.4. The van der Waals surface area contributed by atoms with Crippen LogP contribution in [0.2, 0.25) is 0 Å². The lowest BCUT2D eigenvalue weighted by atomic mass is 9.80. The molecule has 5 atom stereocenters. The fourth-order valence-electron chi connectivity index (χ4n) is 3.71. The van der Waals surface area contributed by atoms with E-state index in [1.54, 1.807) is 0 Å². The number of fused-ring (bicyclic) bond motifs is 1. The molecule has 1 heterocycles. The van der Waals surface area contributed by atoms with E-state index in [9.17, 15) is 23.6 Å². The Labute approximate surface area is 121 Å². The SMILES string of the molecule is CC1(OC(=O)C(F)(F)SOO[O-])C2CC3C(=O)OC1C3C2. The van der Waals surface area contributed by atoms with Crippen molar-refractivity contribution in [2.75, 3.05) is 0 Å². The van der Waals surface area contributed by atoms with E-state index in [2.05, 4.69) is 9.37 Å². The van der Waals surface area contributed by atoms with E-state index in [1.165, 1.54) is 6.92 Å². The number of carbonyl (C=O) groups excluding carboxylic acids is 2. The van der Waals surface area contributed by atoms with Gasteiger partial charge in [0.25, 0.3) is 0 Å². The highest BCUT2D eigenvalue weighted by atomic mass is 32.2. The summed E-state index contributed by atoms with van der Waals surface area (Å²) in [5.41, 5.74) is -1.28. The van der Waals surface area contributed by atoms with Crippen molar-refractivity contribution in [3.63, 3.8) is 0 Å². The van der Waals surface area contributed by atoms with Crippen molar-refractivity contribution in [1.82, 2.24) is 0 Å². The first kappa shape index (κ1) is 14.9. The smallest absolute Gasteiger partial charge is 0.415 e. The number of rotatable bonds is 5. The highest BCUT2D eigenvalue weighted by Gasteiger charge is 2.70. The van der Waals surface area contributed by atoms with Gasteiger partial charge in [-0.1, -0.05) is 0 Å². The van der Waals surface area contributed by atoms with Crippen LogP contribution in [0.3, 0.4) is 0 Å². The first-order valence-electron chi connectivity index (χ1n) is 6.25. The minimum atomic E-state index is -4.10. The molecule has 10 heteroatoms. The molecule has 2 bridgehead atoms. The summed E-state index contributed by atoms with van der Waals surface area (Å²) in [6.07, 6.45) is 0.363. The molecule has 1 saturated heterocycles. The van der Waals surface area contributed by atoms with Gasteiger partial charge in [0.2, 0.25) is 0 Å². The average molecular weight is 325 g/mol. The number of carbonyl (C=O) groups is 2. The molecular weight excluding hydrogens is 314 g/mol. The second-order valence-corrected chi connectivity index (χ2v) is 6.42. The molecular formula is C11H11F2O7S-. The van der Waals surface area contributed by atoms with Crippen molar-refractivity contribution in [3.8, 4) is 0 Å². The summed E-state index contributed by atoms with van der Waals surface area (Å²) in [4.78, 5) is 23.2. The lowest BCUT2D eigenvalue weighted by Gasteiger charge is -2.36. The zero-order valence-electron chi connectivity index (χ0n) is 10.7. The quantitative estimate of drug-likeness (QED) is 0.309. The molecule has 0 amide bonds. The predicted molar refractivity (Wildman–Crippen MR) is 58.8 cm³/mol. The van der Waals surface area contributed by atoms with Crippen LogP contribution in [0.4, 0.5) is 8.78 Å². The molecule has 7 nitrogen and oxygen atoms in total. The Morgan fingerprint density at radius 1 is 1.52 bits per heavy atom. The van der Waals surface area contributed by atoms with E-state index in [4.69, 9.17) is 9.47 Å². The molecule has 3 rings (SSSR count). The Morgan fingerprint density at radius 3 is 2.90 bits per heavy atom. The molecule has 118 valence electrons. The van der Waals surface area contributed by atoms with Gasteiger partial charge in [0, 0.05) is 11.8 Å². The fraction of sp³-hybridized carbons (Fsp3) is 0.818. The Morgan fingerprint density at radius 2 is 2.24 bits per heavy atom. The van der Waals surface area contributed by atoms with Crippen LogP contribution in [0.25, 0.3) is 0 Å². The van der Waals surface area contributed by atoms with Crippen LogP contribution in [-0.4, -0.2) is 28.9 Å². The van der Waals surface area contributed by atoms with Gasteiger partial charge >= 0.3 is 17.2 Å². The van der Waals surface area contributed by atoms with Gasteiger partial charge in [0.1, 0.15) is 23.7 Å². The summed E-state index contributed by atoms with van der Waals surface area (Å²) in [6.45, 7) is 1.49. The lowest BCUT2D eigenvalue weighted by Crippen LogP contribution is -2.50. The normalized spacial score (nSPS) is 40.5. The third kappa shape index (κ3) is 2.12. The number of halogens is 2. The molecule has 2 saturated carbocycles. The van der Waals surface area contributed by atoms with Crippen molar-refractivity contribution >= 4 is 24.0 Å². The molecule has 0 N–H and O–H groups in total. The van der Waals surface area contributed by atoms with E-state index in [1.807, 2.05) is 0 Å². The van der Waals surface area contributed by atoms with Crippen molar-refractivity contribution in [2.45, 2.75) is 36.7 Å². The third-order valence-electron chi connectivity index (χ3n) is 4.64. The predicted octanol–water partition coefficient (Wildman–Crippen LogP) is 0.334. The van der Waals surface area contributed by atoms with Gasteiger partial charge in [0.05, 0.1) is 5.92 Å². The maximum absolute atomic E-state index is 13.4. The highest BCUT2D eigenvalue weighted by Crippen LogP contribution is 2.60. The lowest BCUT2D eigenvalue weighted by molar-refractivity contribution is -0.777. The summed E-state index contributed by atoms with van der Waals surface area (Å²) in [6, 6.07) is 0. The molecule has 0 aromatic heterocycles. The third-order valence-corrected chi connectivity index (χ3v) is 5.14. The Balaban J connectivity index is 1.73. The Hall–Kier alpha value is -0.970. The van der Waals surface area contributed by atoms with Crippen LogP contribution in [0.1, 0.15) is 19.8 Å². The van der Waals surface area contributed by atoms with Gasteiger partial charge in [-0.05, 0) is 19.8 Å². The standard InChI is InChI=1S/C11H12F2O7S/c1-10(18-9(15)11(12,13)21-20-19-16)4-2-5-6(3-4)8(14)17-7(5)10/h4-7,16H,2-3H2,1H3/p-1. The van der Waals surface area contributed by atoms with Crippen LogP contribution >= 0.6 is 12.0 Å². The molecule has 21 heavy (non-hydrogen) atoms. The van der Waals surface area contributed by atoms with Crippen LogP contribution in [0.15, 0.2) is 0 Å². The second-order valence-electron chi connectivity index (χ2n) is 5.61. The van der Waals surface area contributed by atoms with E-state index in [0.29, 0.717) is 12.8 Å². The maximum atomic E-state index is 13.4. The summed E-state index contributed by atoms with van der Waals surface area (Å²) in [7, 11) is 0. The van der Waals surface area contributed by atoms with Crippen molar-refractivity contribution in [1.29, 1.82) is 0 Å². The number of esters is 2.